The molecule has 0 atom stereocenters. The van der Waals surface area contributed by atoms with E-state index in [4.69, 9.17) is 9.47 Å². The zero-order valence-corrected chi connectivity index (χ0v) is 19.2. The summed E-state index contributed by atoms with van der Waals surface area (Å²) in [6, 6.07) is 12.2. The summed E-state index contributed by atoms with van der Waals surface area (Å²) in [5, 5.41) is 2.84. The van der Waals surface area contributed by atoms with Gasteiger partial charge in [0.15, 0.2) is 11.5 Å². The van der Waals surface area contributed by atoms with Crippen LogP contribution in [0.1, 0.15) is 18.4 Å². The highest BCUT2D eigenvalue weighted by Gasteiger charge is 2.29. The molecule has 3 heterocycles. The molecule has 10 heteroatoms. The van der Waals surface area contributed by atoms with Crippen molar-refractivity contribution in [2.75, 3.05) is 51.4 Å². The number of amides is 2. The molecule has 2 aromatic carbocycles. The van der Waals surface area contributed by atoms with Gasteiger partial charge < -0.3 is 19.7 Å². The van der Waals surface area contributed by atoms with Gasteiger partial charge in [-0.2, -0.15) is 4.31 Å². The summed E-state index contributed by atoms with van der Waals surface area (Å²) >= 11 is 0. The van der Waals surface area contributed by atoms with E-state index in [9.17, 15) is 13.2 Å². The highest BCUT2D eigenvalue weighted by atomic mass is 32.2. The summed E-state index contributed by atoms with van der Waals surface area (Å²) < 4.78 is 38.5. The average Bonchev–Trinajstić information content (AvgIpc) is 3.52. The first-order valence-electron chi connectivity index (χ1n) is 11.3. The topological polar surface area (TPSA) is 91.4 Å². The first kappa shape index (κ1) is 22.0. The van der Waals surface area contributed by atoms with Crippen LogP contribution in [-0.4, -0.2) is 74.6 Å². The standard InChI is InChI=1S/C23H28N4O5S/c28-23(26-9-1-2-10-26)24-19-4-6-20(7-5-19)33(29,30)27-13-11-25(12-14-27)16-18-3-8-21-22(15-18)32-17-31-21/h3-8,15H,1-2,9-14,16-17H2,(H,24,28). The number of carbonyl (C=O) groups excluding carboxylic acids is 1. The first-order chi connectivity index (χ1) is 16.0. The molecule has 3 aliphatic rings. The number of fused-ring (bicyclic) bond motifs is 1. The zero-order chi connectivity index (χ0) is 22.8. The van der Waals surface area contributed by atoms with Crippen LogP contribution in [0.4, 0.5) is 10.5 Å². The Morgan fingerprint density at radius 1 is 0.879 bits per heavy atom. The van der Waals surface area contributed by atoms with Crippen LogP contribution in [0.2, 0.25) is 0 Å². The second-order valence-corrected chi connectivity index (χ2v) is 10.5. The van der Waals surface area contributed by atoms with Gasteiger partial charge in [0.25, 0.3) is 0 Å². The van der Waals surface area contributed by atoms with Gasteiger partial charge in [-0.15, -0.1) is 0 Å². The molecule has 5 rings (SSSR count). The molecule has 0 spiro atoms. The molecule has 176 valence electrons. The van der Waals surface area contributed by atoms with E-state index in [0.29, 0.717) is 31.9 Å². The van der Waals surface area contributed by atoms with Crippen molar-refractivity contribution < 1.29 is 22.7 Å². The fourth-order valence-electron chi connectivity index (χ4n) is 4.41. The van der Waals surface area contributed by atoms with E-state index in [1.807, 2.05) is 18.2 Å². The predicted octanol–water partition coefficient (Wildman–Crippen LogP) is 2.55. The smallest absolute Gasteiger partial charge is 0.321 e. The lowest BCUT2D eigenvalue weighted by Crippen LogP contribution is -2.48. The van der Waals surface area contributed by atoms with Crippen molar-refractivity contribution in [1.29, 1.82) is 0 Å². The van der Waals surface area contributed by atoms with E-state index >= 15 is 0 Å². The largest absolute Gasteiger partial charge is 0.454 e. The van der Waals surface area contributed by atoms with Crippen molar-refractivity contribution in [2.24, 2.45) is 0 Å². The molecule has 2 amide bonds. The molecule has 33 heavy (non-hydrogen) atoms. The summed E-state index contributed by atoms with van der Waals surface area (Å²) in [5.41, 5.74) is 1.71. The summed E-state index contributed by atoms with van der Waals surface area (Å²) in [4.78, 5) is 16.5. The normalized spacial score (nSPS) is 19.1. The van der Waals surface area contributed by atoms with Gasteiger partial charge in [0, 0.05) is 51.5 Å². The number of hydrogen-bond acceptors (Lipinski definition) is 6. The SMILES string of the molecule is O=C(Nc1ccc(S(=O)(=O)N2CCN(Cc3ccc4c(c3)OCO4)CC2)cc1)N1CCCC1. The number of rotatable bonds is 5. The summed E-state index contributed by atoms with van der Waals surface area (Å²) in [5.74, 6) is 1.52. The lowest BCUT2D eigenvalue weighted by molar-refractivity contribution is 0.173. The van der Waals surface area contributed by atoms with E-state index < -0.39 is 10.0 Å². The minimum absolute atomic E-state index is 0.137. The van der Waals surface area contributed by atoms with Gasteiger partial charge in [-0.25, -0.2) is 13.2 Å². The molecule has 0 aliphatic carbocycles. The number of ether oxygens (including phenoxy) is 2. The van der Waals surface area contributed by atoms with E-state index in [0.717, 1.165) is 49.5 Å². The van der Waals surface area contributed by atoms with E-state index in [2.05, 4.69) is 10.2 Å². The Kier molecular flexibility index (Phi) is 6.13. The van der Waals surface area contributed by atoms with Crippen molar-refractivity contribution in [3.8, 4) is 11.5 Å². The number of nitrogens with one attached hydrogen (secondary N) is 1. The third-order valence-corrected chi connectivity index (χ3v) is 8.22. The van der Waals surface area contributed by atoms with Crippen LogP contribution in [0, 0.1) is 0 Å². The molecule has 0 unspecified atom stereocenters. The molecule has 1 N–H and O–H groups in total. The number of urea groups is 1. The van der Waals surface area contributed by atoms with Gasteiger partial charge in [0.05, 0.1) is 4.90 Å². The van der Waals surface area contributed by atoms with Crippen molar-refractivity contribution in [2.45, 2.75) is 24.3 Å². The molecule has 0 bridgehead atoms. The van der Waals surface area contributed by atoms with Crippen LogP contribution in [0.3, 0.4) is 0 Å². The highest BCUT2D eigenvalue weighted by molar-refractivity contribution is 7.89. The average molecular weight is 473 g/mol. The molecular weight excluding hydrogens is 444 g/mol. The van der Waals surface area contributed by atoms with Crippen LogP contribution in [0.5, 0.6) is 11.5 Å². The van der Waals surface area contributed by atoms with Crippen molar-refractivity contribution in [1.82, 2.24) is 14.1 Å². The van der Waals surface area contributed by atoms with Crippen molar-refractivity contribution in [3.05, 3.63) is 48.0 Å². The first-order valence-corrected chi connectivity index (χ1v) is 12.7. The van der Waals surface area contributed by atoms with Gasteiger partial charge in [-0.1, -0.05) is 6.07 Å². The van der Waals surface area contributed by atoms with E-state index in [-0.39, 0.29) is 17.7 Å². The molecule has 0 saturated carbocycles. The van der Waals surface area contributed by atoms with E-state index in [1.54, 1.807) is 29.2 Å². The lowest BCUT2D eigenvalue weighted by Gasteiger charge is -2.34. The molecule has 2 aromatic rings. The quantitative estimate of drug-likeness (QED) is 0.719. The number of benzene rings is 2. The minimum atomic E-state index is -3.58. The summed E-state index contributed by atoms with van der Waals surface area (Å²) in [6.07, 6.45) is 2.04. The van der Waals surface area contributed by atoms with Crippen molar-refractivity contribution in [3.63, 3.8) is 0 Å². The Hall–Kier alpha value is -2.82. The molecule has 0 aromatic heterocycles. The molecule has 9 nitrogen and oxygen atoms in total. The number of sulfonamides is 1. The van der Waals surface area contributed by atoms with Gasteiger partial charge in [0.2, 0.25) is 16.8 Å². The number of anilines is 1. The maximum Gasteiger partial charge on any atom is 0.321 e. The fraction of sp³-hybridized carbons (Fsp3) is 0.435. The fourth-order valence-corrected chi connectivity index (χ4v) is 5.83. The van der Waals surface area contributed by atoms with E-state index in [1.165, 1.54) is 4.31 Å². The van der Waals surface area contributed by atoms with Gasteiger partial charge in [-0.3, -0.25) is 4.90 Å². The number of piperazine rings is 1. The maximum atomic E-state index is 13.1. The number of likely N-dealkylation sites (tertiary alicyclic amines) is 1. The minimum Gasteiger partial charge on any atom is -0.454 e. The highest BCUT2D eigenvalue weighted by Crippen LogP contribution is 2.33. The molecule has 3 aliphatic heterocycles. The van der Waals surface area contributed by atoms with Gasteiger partial charge in [-0.05, 0) is 54.8 Å². The van der Waals surface area contributed by atoms with Crippen molar-refractivity contribution >= 4 is 21.7 Å². The number of carbonyl (C=O) groups is 1. The molecule has 2 saturated heterocycles. The summed E-state index contributed by atoms with van der Waals surface area (Å²) in [6.45, 7) is 4.67. The lowest BCUT2D eigenvalue weighted by atomic mass is 10.2. The summed E-state index contributed by atoms with van der Waals surface area (Å²) in [7, 11) is -3.58. The number of hydrogen-bond donors (Lipinski definition) is 1. The third kappa shape index (κ3) is 4.78. The number of nitrogens with zero attached hydrogens (tertiary/aromatic N) is 3. The van der Waals surface area contributed by atoms with Crippen LogP contribution >= 0.6 is 0 Å². The molecule has 0 radical (unpaired) electrons. The van der Waals surface area contributed by atoms with Crippen LogP contribution in [-0.2, 0) is 16.6 Å². The maximum absolute atomic E-state index is 13.1. The van der Waals surface area contributed by atoms with Gasteiger partial charge in [0.1, 0.15) is 0 Å². The zero-order valence-electron chi connectivity index (χ0n) is 18.4. The third-order valence-electron chi connectivity index (χ3n) is 6.31. The Bertz CT molecular complexity index is 1110. The second kappa shape index (κ2) is 9.20. The molecular formula is C23H28N4O5S. The predicted molar refractivity (Wildman–Crippen MR) is 123 cm³/mol. The Morgan fingerprint density at radius 2 is 1.58 bits per heavy atom. The van der Waals surface area contributed by atoms with Crippen LogP contribution < -0.4 is 14.8 Å². The monoisotopic (exact) mass is 472 g/mol. The second-order valence-electron chi connectivity index (χ2n) is 8.52. The van der Waals surface area contributed by atoms with Gasteiger partial charge >= 0.3 is 6.03 Å². The Labute approximate surface area is 193 Å². The Morgan fingerprint density at radius 3 is 2.30 bits per heavy atom. The molecule has 2 fully saturated rings. The van der Waals surface area contributed by atoms with Crippen LogP contribution in [0.15, 0.2) is 47.4 Å². The Balaban J connectivity index is 1.16. The van der Waals surface area contributed by atoms with Crippen LogP contribution in [0.25, 0.3) is 0 Å².